The zero-order valence-corrected chi connectivity index (χ0v) is 9.37. The number of rotatable bonds is 4. The molecule has 0 bridgehead atoms. The molecule has 2 rings (SSSR count). The standard InChI is InChI=1S/C11H20N4/c1-15-11(5-8-14-15)4-7-13-10-3-2-6-12-9-10/h5,8,10,12-13H,2-4,6-7,9H2,1H3. The average molecular weight is 208 g/mol. The molecule has 0 spiro atoms. The zero-order chi connectivity index (χ0) is 10.5. The van der Waals surface area contributed by atoms with E-state index >= 15 is 0 Å². The van der Waals surface area contributed by atoms with Gasteiger partial charge in [0.05, 0.1) is 0 Å². The quantitative estimate of drug-likeness (QED) is 0.748. The van der Waals surface area contributed by atoms with Gasteiger partial charge >= 0.3 is 0 Å². The van der Waals surface area contributed by atoms with Crippen molar-refractivity contribution in [2.75, 3.05) is 19.6 Å². The molecule has 0 amide bonds. The first-order valence-corrected chi connectivity index (χ1v) is 5.77. The van der Waals surface area contributed by atoms with Gasteiger partial charge in [-0.15, -0.1) is 0 Å². The van der Waals surface area contributed by atoms with E-state index in [1.165, 1.54) is 25.1 Å². The summed E-state index contributed by atoms with van der Waals surface area (Å²) in [6, 6.07) is 2.74. The van der Waals surface area contributed by atoms with Gasteiger partial charge in [-0.3, -0.25) is 4.68 Å². The third-order valence-electron chi connectivity index (χ3n) is 3.03. The minimum atomic E-state index is 0.659. The Hall–Kier alpha value is -0.870. The Balaban J connectivity index is 1.68. The predicted molar refractivity (Wildman–Crippen MR) is 60.8 cm³/mol. The van der Waals surface area contributed by atoms with E-state index in [1.54, 1.807) is 0 Å². The number of hydrogen-bond acceptors (Lipinski definition) is 3. The van der Waals surface area contributed by atoms with Crippen molar-refractivity contribution in [2.45, 2.75) is 25.3 Å². The van der Waals surface area contributed by atoms with Crippen LogP contribution in [0.5, 0.6) is 0 Å². The molecule has 1 unspecified atom stereocenters. The first-order valence-electron chi connectivity index (χ1n) is 5.77. The molecule has 1 saturated heterocycles. The molecule has 4 nitrogen and oxygen atoms in total. The Morgan fingerprint density at radius 3 is 3.27 bits per heavy atom. The lowest BCUT2D eigenvalue weighted by atomic mass is 10.1. The molecule has 1 aliphatic rings. The van der Waals surface area contributed by atoms with Crippen LogP contribution in [0.1, 0.15) is 18.5 Å². The van der Waals surface area contributed by atoms with Crippen molar-refractivity contribution in [3.05, 3.63) is 18.0 Å². The molecule has 0 aliphatic carbocycles. The van der Waals surface area contributed by atoms with Crippen molar-refractivity contribution in [3.63, 3.8) is 0 Å². The summed E-state index contributed by atoms with van der Waals surface area (Å²) in [5.41, 5.74) is 1.30. The van der Waals surface area contributed by atoms with E-state index in [9.17, 15) is 0 Å². The van der Waals surface area contributed by atoms with Crippen LogP contribution in [0.25, 0.3) is 0 Å². The van der Waals surface area contributed by atoms with E-state index in [0.717, 1.165) is 19.5 Å². The fourth-order valence-corrected chi connectivity index (χ4v) is 2.08. The van der Waals surface area contributed by atoms with Crippen LogP contribution in [-0.2, 0) is 13.5 Å². The highest BCUT2D eigenvalue weighted by Crippen LogP contribution is 2.02. The highest BCUT2D eigenvalue weighted by molar-refractivity contribution is 5.00. The average Bonchev–Trinajstić information content (AvgIpc) is 2.66. The van der Waals surface area contributed by atoms with Crippen LogP contribution in [0.2, 0.25) is 0 Å². The minimum Gasteiger partial charge on any atom is -0.315 e. The van der Waals surface area contributed by atoms with Crippen LogP contribution >= 0.6 is 0 Å². The summed E-state index contributed by atoms with van der Waals surface area (Å²) in [4.78, 5) is 0. The van der Waals surface area contributed by atoms with Gasteiger partial charge in [-0.2, -0.15) is 5.10 Å². The molecule has 1 aromatic rings. The van der Waals surface area contributed by atoms with Gasteiger partial charge in [0.25, 0.3) is 0 Å². The Kier molecular flexibility index (Phi) is 3.75. The molecular formula is C11H20N4. The van der Waals surface area contributed by atoms with Crippen LogP contribution in [-0.4, -0.2) is 35.5 Å². The van der Waals surface area contributed by atoms with Crippen molar-refractivity contribution >= 4 is 0 Å². The molecule has 2 N–H and O–H groups in total. The molecule has 15 heavy (non-hydrogen) atoms. The maximum Gasteiger partial charge on any atom is 0.0492 e. The lowest BCUT2D eigenvalue weighted by Crippen LogP contribution is -2.43. The monoisotopic (exact) mass is 208 g/mol. The Labute approximate surface area is 91.1 Å². The Morgan fingerprint density at radius 2 is 2.60 bits per heavy atom. The Bertz CT molecular complexity index is 289. The van der Waals surface area contributed by atoms with Crippen LogP contribution in [0, 0.1) is 0 Å². The van der Waals surface area contributed by atoms with Crippen molar-refractivity contribution < 1.29 is 0 Å². The van der Waals surface area contributed by atoms with E-state index in [4.69, 9.17) is 0 Å². The zero-order valence-electron chi connectivity index (χ0n) is 9.37. The summed E-state index contributed by atoms with van der Waals surface area (Å²) in [6.45, 7) is 3.34. The normalized spacial score (nSPS) is 21.8. The second kappa shape index (κ2) is 5.28. The highest BCUT2D eigenvalue weighted by atomic mass is 15.3. The summed E-state index contributed by atoms with van der Waals surface area (Å²) in [5, 5.41) is 11.2. The van der Waals surface area contributed by atoms with Crippen LogP contribution in [0.4, 0.5) is 0 Å². The van der Waals surface area contributed by atoms with E-state index in [2.05, 4.69) is 21.8 Å². The van der Waals surface area contributed by atoms with Crippen molar-refractivity contribution in [1.29, 1.82) is 0 Å². The predicted octanol–water partition coefficient (Wildman–Crippen LogP) is 0.304. The fraction of sp³-hybridized carbons (Fsp3) is 0.727. The summed E-state index contributed by atoms with van der Waals surface area (Å²) < 4.78 is 1.95. The molecule has 1 aromatic heterocycles. The van der Waals surface area contributed by atoms with Gasteiger partial charge in [-0.1, -0.05) is 0 Å². The smallest absolute Gasteiger partial charge is 0.0492 e. The lowest BCUT2D eigenvalue weighted by molar-refractivity contribution is 0.391. The number of nitrogens with one attached hydrogen (secondary N) is 2. The number of aryl methyl sites for hydroxylation is 1. The van der Waals surface area contributed by atoms with Gasteiger partial charge in [0.2, 0.25) is 0 Å². The van der Waals surface area contributed by atoms with E-state index in [0.29, 0.717) is 6.04 Å². The van der Waals surface area contributed by atoms with E-state index < -0.39 is 0 Å². The number of aromatic nitrogens is 2. The van der Waals surface area contributed by atoms with Crippen LogP contribution < -0.4 is 10.6 Å². The van der Waals surface area contributed by atoms with Crippen molar-refractivity contribution in [2.24, 2.45) is 7.05 Å². The molecular weight excluding hydrogens is 188 g/mol. The molecule has 0 aromatic carbocycles. The lowest BCUT2D eigenvalue weighted by Gasteiger charge is -2.23. The highest BCUT2D eigenvalue weighted by Gasteiger charge is 2.11. The van der Waals surface area contributed by atoms with Crippen molar-refractivity contribution in [3.8, 4) is 0 Å². The number of piperidine rings is 1. The maximum absolute atomic E-state index is 4.16. The third kappa shape index (κ3) is 3.04. The topological polar surface area (TPSA) is 41.9 Å². The molecule has 1 atom stereocenters. The molecule has 84 valence electrons. The molecule has 0 radical (unpaired) electrons. The van der Waals surface area contributed by atoms with Gasteiger partial charge in [0.1, 0.15) is 0 Å². The number of hydrogen-bond donors (Lipinski definition) is 2. The first kappa shape index (κ1) is 10.6. The second-order valence-electron chi connectivity index (χ2n) is 4.19. The van der Waals surface area contributed by atoms with Crippen LogP contribution in [0.3, 0.4) is 0 Å². The van der Waals surface area contributed by atoms with Crippen molar-refractivity contribution in [1.82, 2.24) is 20.4 Å². The molecule has 1 aliphatic heterocycles. The van der Waals surface area contributed by atoms with E-state index in [-0.39, 0.29) is 0 Å². The van der Waals surface area contributed by atoms with Gasteiger partial charge in [0.15, 0.2) is 0 Å². The fourth-order valence-electron chi connectivity index (χ4n) is 2.08. The van der Waals surface area contributed by atoms with Crippen LogP contribution in [0.15, 0.2) is 12.3 Å². The largest absolute Gasteiger partial charge is 0.315 e. The molecule has 4 heteroatoms. The van der Waals surface area contributed by atoms with Gasteiger partial charge in [-0.05, 0) is 25.5 Å². The summed E-state index contributed by atoms with van der Waals surface area (Å²) in [7, 11) is 2.00. The summed E-state index contributed by atoms with van der Waals surface area (Å²) >= 11 is 0. The first-order chi connectivity index (χ1) is 7.36. The maximum atomic E-state index is 4.16. The molecule has 1 fully saturated rings. The SMILES string of the molecule is Cn1nccc1CCNC1CCCNC1. The Morgan fingerprint density at radius 1 is 1.67 bits per heavy atom. The minimum absolute atomic E-state index is 0.659. The summed E-state index contributed by atoms with van der Waals surface area (Å²) in [6.07, 6.45) is 5.52. The third-order valence-corrected chi connectivity index (χ3v) is 3.03. The molecule has 0 saturated carbocycles. The van der Waals surface area contributed by atoms with Gasteiger partial charge in [0, 0.05) is 44.5 Å². The van der Waals surface area contributed by atoms with Gasteiger partial charge in [-0.25, -0.2) is 0 Å². The second-order valence-corrected chi connectivity index (χ2v) is 4.19. The van der Waals surface area contributed by atoms with Gasteiger partial charge < -0.3 is 10.6 Å². The number of nitrogens with zero attached hydrogens (tertiary/aromatic N) is 2. The molecule has 2 heterocycles. The van der Waals surface area contributed by atoms with E-state index in [1.807, 2.05) is 17.9 Å². The summed E-state index contributed by atoms with van der Waals surface area (Å²) in [5.74, 6) is 0.